The third kappa shape index (κ3) is 3.30. The number of primary amides is 1. The summed E-state index contributed by atoms with van der Waals surface area (Å²) in [4.78, 5) is 12.1. The molecule has 0 bridgehead atoms. The molecule has 31 heavy (non-hydrogen) atoms. The molecule has 0 radical (unpaired) electrons. The van der Waals surface area contributed by atoms with Crippen LogP contribution in [0.25, 0.3) is 11.1 Å². The summed E-state index contributed by atoms with van der Waals surface area (Å²) in [6.45, 7) is 0.0770. The number of methoxy groups -OCH3 is 1. The molecule has 160 valence electrons. The first kappa shape index (κ1) is 21.1. The Hall–Kier alpha value is -3.16. The number of ether oxygens (including phenoxy) is 2. The van der Waals surface area contributed by atoms with E-state index in [1.807, 2.05) is 30.3 Å². The molecule has 0 saturated carbocycles. The van der Waals surface area contributed by atoms with Crippen molar-refractivity contribution in [3.05, 3.63) is 81.9 Å². The summed E-state index contributed by atoms with van der Waals surface area (Å²) in [5.41, 5.74) is 11.4. The van der Waals surface area contributed by atoms with Crippen molar-refractivity contribution in [3.63, 3.8) is 0 Å². The summed E-state index contributed by atoms with van der Waals surface area (Å²) in [7, 11) is 1.28. The van der Waals surface area contributed by atoms with Crippen molar-refractivity contribution >= 4 is 17.5 Å². The average Bonchev–Trinajstić information content (AvgIpc) is 3.15. The van der Waals surface area contributed by atoms with Gasteiger partial charge in [0.1, 0.15) is 11.6 Å². The summed E-state index contributed by atoms with van der Waals surface area (Å²) < 4.78 is 41.4. The minimum Gasteiger partial charge on any atom is -0.494 e. The molecule has 0 aromatic heterocycles. The molecule has 4 rings (SSSR count). The molecular formula is C23H19ClF2N2O3. The van der Waals surface area contributed by atoms with Gasteiger partial charge in [-0.2, -0.15) is 0 Å². The Bertz CT molecular complexity index is 1190. The summed E-state index contributed by atoms with van der Waals surface area (Å²) in [6, 6.07) is 12.9. The van der Waals surface area contributed by atoms with E-state index in [4.69, 9.17) is 32.5 Å². The van der Waals surface area contributed by atoms with E-state index in [0.717, 1.165) is 11.6 Å². The highest BCUT2D eigenvalue weighted by molar-refractivity contribution is 6.34. The highest BCUT2D eigenvalue weighted by Gasteiger charge is 2.43. The number of halogens is 3. The van der Waals surface area contributed by atoms with Crippen molar-refractivity contribution in [1.29, 1.82) is 0 Å². The molecule has 1 unspecified atom stereocenters. The quantitative estimate of drug-likeness (QED) is 0.618. The minimum atomic E-state index is -1.00. The first-order valence-electron chi connectivity index (χ1n) is 9.45. The van der Waals surface area contributed by atoms with Crippen molar-refractivity contribution < 1.29 is 23.0 Å². The number of carbonyl (C=O) groups excluding carboxylic acids is 1. The Labute approximate surface area is 182 Å². The van der Waals surface area contributed by atoms with Crippen molar-refractivity contribution in [2.24, 2.45) is 11.5 Å². The molecule has 4 N–H and O–H groups in total. The number of amides is 1. The highest BCUT2D eigenvalue weighted by atomic mass is 35.5. The summed E-state index contributed by atoms with van der Waals surface area (Å²) in [6.07, 6.45) is 0.188. The van der Waals surface area contributed by atoms with Gasteiger partial charge < -0.3 is 20.9 Å². The Morgan fingerprint density at radius 2 is 1.90 bits per heavy atom. The van der Waals surface area contributed by atoms with E-state index in [2.05, 4.69) is 0 Å². The molecule has 1 atom stereocenters. The zero-order valence-corrected chi connectivity index (χ0v) is 17.3. The first-order valence-corrected chi connectivity index (χ1v) is 9.83. The molecule has 1 aliphatic rings. The third-order valence-corrected chi connectivity index (χ3v) is 5.89. The van der Waals surface area contributed by atoms with E-state index in [-0.39, 0.29) is 46.2 Å². The first-order chi connectivity index (χ1) is 14.8. The number of hydrogen-bond acceptors (Lipinski definition) is 4. The van der Waals surface area contributed by atoms with Crippen LogP contribution in [0.15, 0.2) is 48.5 Å². The van der Waals surface area contributed by atoms with Crippen LogP contribution in [-0.2, 0) is 12.0 Å². The zero-order valence-electron chi connectivity index (χ0n) is 16.5. The highest BCUT2D eigenvalue weighted by Crippen LogP contribution is 2.50. The SMILES string of the molecule is COc1ccc(C(N)=O)c(-c2c(Cl)c(F)cc3c2CC(CN)(c2ccccc2)O3)c1F. The second-order valence-corrected chi connectivity index (χ2v) is 7.61. The zero-order chi connectivity index (χ0) is 22.3. The fourth-order valence-corrected chi connectivity index (χ4v) is 4.26. The molecule has 0 saturated heterocycles. The van der Waals surface area contributed by atoms with E-state index in [1.54, 1.807) is 0 Å². The van der Waals surface area contributed by atoms with Crippen LogP contribution in [0.3, 0.4) is 0 Å². The van der Waals surface area contributed by atoms with Crippen LogP contribution in [0.2, 0.25) is 5.02 Å². The lowest BCUT2D eigenvalue weighted by Gasteiger charge is -2.27. The predicted molar refractivity (Wildman–Crippen MR) is 113 cm³/mol. The van der Waals surface area contributed by atoms with Crippen LogP contribution in [0, 0.1) is 11.6 Å². The molecule has 8 heteroatoms. The lowest BCUT2D eigenvalue weighted by molar-refractivity contribution is 0.1000. The van der Waals surface area contributed by atoms with Gasteiger partial charge in [0.15, 0.2) is 17.2 Å². The fraction of sp³-hybridized carbons (Fsp3) is 0.174. The van der Waals surface area contributed by atoms with E-state index in [0.29, 0.717) is 5.56 Å². The molecule has 1 aliphatic heterocycles. The van der Waals surface area contributed by atoms with Gasteiger partial charge in [-0.3, -0.25) is 4.79 Å². The molecule has 0 fully saturated rings. The molecule has 3 aromatic rings. The standard InChI is InChI=1S/C23H19ClF2N2O3/c1-30-16-8-7-13(22(28)29)19(21(16)26)18-14-10-23(11-27,12-5-3-2-4-6-12)31-17(14)9-15(25)20(18)24/h2-9H,10-11,27H2,1H3,(H2,28,29). The molecule has 5 nitrogen and oxygen atoms in total. The van der Waals surface area contributed by atoms with Crippen molar-refractivity contribution in [2.75, 3.05) is 13.7 Å². The van der Waals surface area contributed by atoms with Crippen LogP contribution >= 0.6 is 11.6 Å². The monoisotopic (exact) mass is 444 g/mol. The van der Waals surface area contributed by atoms with Crippen LogP contribution in [0.5, 0.6) is 11.5 Å². The maximum Gasteiger partial charge on any atom is 0.249 e. The van der Waals surface area contributed by atoms with Crippen molar-refractivity contribution in [2.45, 2.75) is 12.0 Å². The number of carbonyl (C=O) groups is 1. The normalized spacial score (nSPS) is 17.2. The van der Waals surface area contributed by atoms with Crippen molar-refractivity contribution in [1.82, 2.24) is 0 Å². The van der Waals surface area contributed by atoms with Crippen molar-refractivity contribution in [3.8, 4) is 22.6 Å². The van der Waals surface area contributed by atoms with E-state index >= 15 is 4.39 Å². The number of fused-ring (bicyclic) bond motifs is 1. The van der Waals surface area contributed by atoms with Gasteiger partial charge in [0.05, 0.1) is 17.7 Å². The van der Waals surface area contributed by atoms with Gasteiger partial charge in [-0.05, 0) is 17.7 Å². The molecule has 0 aliphatic carbocycles. The van der Waals surface area contributed by atoms with Gasteiger partial charge in [0.2, 0.25) is 5.91 Å². The molecule has 0 spiro atoms. The number of benzene rings is 3. The van der Waals surface area contributed by atoms with E-state index in [1.165, 1.54) is 19.2 Å². The lowest BCUT2D eigenvalue weighted by atomic mass is 9.85. The predicted octanol–water partition coefficient (Wildman–Crippen LogP) is 4.18. The Balaban J connectivity index is 2.01. The largest absolute Gasteiger partial charge is 0.494 e. The van der Waals surface area contributed by atoms with Crippen LogP contribution in [0.1, 0.15) is 21.5 Å². The summed E-state index contributed by atoms with van der Waals surface area (Å²) in [5.74, 6) is -2.56. The number of nitrogens with two attached hydrogens (primary N) is 2. The molecule has 1 heterocycles. The fourth-order valence-electron chi connectivity index (χ4n) is 4.00. The van der Waals surface area contributed by atoms with Gasteiger partial charge in [-0.1, -0.05) is 41.9 Å². The second-order valence-electron chi connectivity index (χ2n) is 7.24. The van der Waals surface area contributed by atoms with E-state index < -0.39 is 23.1 Å². The van der Waals surface area contributed by atoms with Gasteiger partial charge in [-0.15, -0.1) is 0 Å². The van der Waals surface area contributed by atoms with Gasteiger partial charge in [-0.25, -0.2) is 8.78 Å². The number of rotatable bonds is 5. The van der Waals surface area contributed by atoms with Crippen LogP contribution < -0.4 is 20.9 Å². The van der Waals surface area contributed by atoms with Gasteiger partial charge in [0.25, 0.3) is 0 Å². The summed E-state index contributed by atoms with van der Waals surface area (Å²) in [5, 5.41) is -0.349. The maximum atomic E-state index is 15.4. The van der Waals surface area contributed by atoms with Gasteiger partial charge in [0, 0.05) is 35.7 Å². The van der Waals surface area contributed by atoms with Gasteiger partial charge >= 0.3 is 0 Å². The maximum absolute atomic E-state index is 15.4. The minimum absolute atomic E-state index is 0.00637. The number of hydrogen-bond donors (Lipinski definition) is 2. The average molecular weight is 445 g/mol. The Morgan fingerprint density at radius 3 is 2.52 bits per heavy atom. The Morgan fingerprint density at radius 1 is 1.19 bits per heavy atom. The lowest BCUT2D eigenvalue weighted by Crippen LogP contribution is -2.39. The van der Waals surface area contributed by atoms with Crippen LogP contribution in [-0.4, -0.2) is 19.6 Å². The Kier molecular flexibility index (Phi) is 5.33. The molecule has 1 amide bonds. The second kappa shape index (κ2) is 7.83. The molecular weight excluding hydrogens is 426 g/mol. The van der Waals surface area contributed by atoms with E-state index in [9.17, 15) is 9.18 Å². The summed E-state index contributed by atoms with van der Waals surface area (Å²) >= 11 is 6.32. The van der Waals surface area contributed by atoms with Crippen LogP contribution in [0.4, 0.5) is 8.78 Å². The third-order valence-electron chi connectivity index (χ3n) is 5.53. The topological polar surface area (TPSA) is 87.6 Å². The smallest absolute Gasteiger partial charge is 0.249 e. The molecule has 3 aromatic carbocycles.